The summed E-state index contributed by atoms with van der Waals surface area (Å²) in [5, 5.41) is 30.5. The molecular formula is C21H26N8O3. The summed E-state index contributed by atoms with van der Waals surface area (Å²) in [5.74, 6) is 1.02. The number of hydrogen-bond donors (Lipinski definition) is 1. The number of pyridine rings is 1. The largest absolute Gasteiger partial charge is 0.489 e. The summed E-state index contributed by atoms with van der Waals surface area (Å²) in [7, 11) is 1.83. The van der Waals surface area contributed by atoms with E-state index in [1.54, 1.807) is 15.7 Å². The Kier molecular flexibility index (Phi) is 5.54. The third-order valence-electron chi connectivity index (χ3n) is 6.15. The molecule has 11 nitrogen and oxygen atoms in total. The SMILES string of the molecule is Cn1nnc(-c2ccc(O[C@H]3CCC[C@H](C(=O)O)C3)cn2)c1Cn1nnc(CC2CC2)n1. The first kappa shape index (κ1) is 20.5. The number of rotatable bonds is 8. The molecule has 3 heterocycles. The average Bonchev–Trinajstić information content (AvgIpc) is 3.38. The molecule has 0 aromatic carbocycles. The third-order valence-corrected chi connectivity index (χ3v) is 6.15. The minimum Gasteiger partial charge on any atom is -0.489 e. The first-order valence-corrected chi connectivity index (χ1v) is 11.1. The van der Waals surface area contributed by atoms with E-state index in [2.05, 4.69) is 30.7 Å². The van der Waals surface area contributed by atoms with E-state index >= 15 is 0 Å². The Bertz CT molecular complexity index is 1090. The molecule has 0 radical (unpaired) electrons. The summed E-state index contributed by atoms with van der Waals surface area (Å²) < 4.78 is 7.69. The lowest BCUT2D eigenvalue weighted by Gasteiger charge is -2.27. The molecule has 2 aliphatic carbocycles. The van der Waals surface area contributed by atoms with Gasteiger partial charge in [-0.1, -0.05) is 5.21 Å². The van der Waals surface area contributed by atoms with Crippen molar-refractivity contribution in [2.75, 3.05) is 0 Å². The molecule has 11 heteroatoms. The molecule has 2 atom stereocenters. The summed E-state index contributed by atoms with van der Waals surface area (Å²) in [4.78, 5) is 17.4. The van der Waals surface area contributed by atoms with Crippen molar-refractivity contribution >= 4 is 5.97 Å². The molecule has 32 heavy (non-hydrogen) atoms. The van der Waals surface area contributed by atoms with Gasteiger partial charge in [0.2, 0.25) is 0 Å². The summed E-state index contributed by atoms with van der Waals surface area (Å²) in [6, 6.07) is 3.68. The van der Waals surface area contributed by atoms with E-state index in [0.717, 1.165) is 30.8 Å². The molecule has 2 saturated carbocycles. The van der Waals surface area contributed by atoms with Crippen molar-refractivity contribution < 1.29 is 14.6 Å². The van der Waals surface area contributed by atoms with Crippen LogP contribution in [0.3, 0.4) is 0 Å². The molecule has 0 saturated heterocycles. The van der Waals surface area contributed by atoms with Crippen LogP contribution in [0.1, 0.15) is 50.0 Å². The zero-order valence-corrected chi connectivity index (χ0v) is 18.0. The Morgan fingerprint density at radius 3 is 2.81 bits per heavy atom. The number of aryl methyl sites for hydroxylation is 1. The number of nitrogens with zero attached hydrogens (tertiary/aromatic N) is 8. The fourth-order valence-corrected chi connectivity index (χ4v) is 4.15. The Balaban J connectivity index is 1.27. The zero-order chi connectivity index (χ0) is 22.1. The number of aliphatic carboxylic acids is 1. The van der Waals surface area contributed by atoms with E-state index in [4.69, 9.17) is 4.74 Å². The van der Waals surface area contributed by atoms with Gasteiger partial charge in [0.05, 0.1) is 29.6 Å². The number of tetrazole rings is 1. The molecule has 0 bridgehead atoms. The molecule has 0 aliphatic heterocycles. The van der Waals surface area contributed by atoms with Gasteiger partial charge in [-0.15, -0.1) is 15.3 Å². The predicted octanol–water partition coefficient (Wildman–Crippen LogP) is 1.89. The minimum absolute atomic E-state index is 0.104. The Morgan fingerprint density at radius 1 is 1.19 bits per heavy atom. The van der Waals surface area contributed by atoms with E-state index in [0.29, 0.717) is 42.4 Å². The third kappa shape index (κ3) is 4.61. The second-order valence-corrected chi connectivity index (χ2v) is 8.71. The normalized spacial score (nSPS) is 20.9. The van der Waals surface area contributed by atoms with Gasteiger partial charge in [0.15, 0.2) is 5.82 Å². The molecular weight excluding hydrogens is 412 g/mol. The molecule has 2 aliphatic rings. The van der Waals surface area contributed by atoms with Gasteiger partial charge in [-0.05, 0) is 61.8 Å². The van der Waals surface area contributed by atoms with Gasteiger partial charge in [0.25, 0.3) is 0 Å². The molecule has 168 valence electrons. The van der Waals surface area contributed by atoms with Crippen molar-refractivity contribution in [3.05, 3.63) is 29.8 Å². The lowest BCUT2D eigenvalue weighted by atomic mass is 9.87. The van der Waals surface area contributed by atoms with Gasteiger partial charge in [-0.25, -0.2) is 4.68 Å². The van der Waals surface area contributed by atoms with Gasteiger partial charge >= 0.3 is 5.97 Å². The molecule has 3 aromatic heterocycles. The molecule has 0 spiro atoms. The topological polar surface area (TPSA) is 134 Å². The van der Waals surface area contributed by atoms with E-state index in [1.165, 1.54) is 12.8 Å². The van der Waals surface area contributed by atoms with Crippen LogP contribution in [0.2, 0.25) is 0 Å². The van der Waals surface area contributed by atoms with Crippen LogP contribution in [0.5, 0.6) is 5.75 Å². The number of hydrogen-bond acceptors (Lipinski definition) is 8. The zero-order valence-electron chi connectivity index (χ0n) is 18.0. The predicted molar refractivity (Wildman–Crippen MR) is 112 cm³/mol. The number of carboxylic acid groups (broad SMARTS) is 1. The monoisotopic (exact) mass is 438 g/mol. The molecule has 3 aromatic rings. The lowest BCUT2D eigenvalue weighted by molar-refractivity contribution is -0.143. The maximum absolute atomic E-state index is 11.3. The molecule has 2 fully saturated rings. The highest BCUT2D eigenvalue weighted by molar-refractivity contribution is 5.70. The molecule has 1 N–H and O–H groups in total. The van der Waals surface area contributed by atoms with E-state index in [-0.39, 0.29) is 12.0 Å². The van der Waals surface area contributed by atoms with Gasteiger partial charge < -0.3 is 9.84 Å². The molecule has 0 amide bonds. The maximum atomic E-state index is 11.3. The van der Waals surface area contributed by atoms with E-state index in [9.17, 15) is 9.90 Å². The first-order valence-electron chi connectivity index (χ1n) is 11.1. The van der Waals surface area contributed by atoms with Crippen LogP contribution in [0.15, 0.2) is 18.3 Å². The van der Waals surface area contributed by atoms with Gasteiger partial charge in [-0.2, -0.15) is 4.80 Å². The average molecular weight is 438 g/mol. The van der Waals surface area contributed by atoms with E-state index in [1.807, 2.05) is 19.2 Å². The second kappa shape index (κ2) is 8.64. The van der Waals surface area contributed by atoms with Crippen LogP contribution in [0, 0.1) is 11.8 Å². The highest BCUT2D eigenvalue weighted by atomic mass is 16.5. The Hall–Kier alpha value is -3.37. The van der Waals surface area contributed by atoms with Crippen molar-refractivity contribution in [1.29, 1.82) is 0 Å². The number of carbonyl (C=O) groups is 1. The maximum Gasteiger partial charge on any atom is 0.306 e. The number of carboxylic acids is 1. The van der Waals surface area contributed by atoms with Crippen LogP contribution in [0.25, 0.3) is 11.4 Å². The summed E-state index contributed by atoms with van der Waals surface area (Å²) in [5.41, 5.74) is 2.16. The lowest BCUT2D eigenvalue weighted by Crippen LogP contribution is -2.29. The van der Waals surface area contributed by atoms with Crippen molar-refractivity contribution in [3.8, 4) is 17.1 Å². The molecule has 0 unspecified atom stereocenters. The van der Waals surface area contributed by atoms with Crippen LogP contribution >= 0.6 is 0 Å². The fourth-order valence-electron chi connectivity index (χ4n) is 4.15. The van der Waals surface area contributed by atoms with Crippen LogP contribution < -0.4 is 4.74 Å². The van der Waals surface area contributed by atoms with Gasteiger partial charge in [0.1, 0.15) is 18.0 Å². The quantitative estimate of drug-likeness (QED) is 0.559. The highest BCUT2D eigenvalue weighted by Gasteiger charge is 2.28. The smallest absolute Gasteiger partial charge is 0.306 e. The molecule has 5 rings (SSSR count). The summed E-state index contributed by atoms with van der Waals surface area (Å²) in [6.45, 7) is 0.398. The number of aromatic nitrogens is 8. The van der Waals surface area contributed by atoms with Crippen LogP contribution in [-0.2, 0) is 24.8 Å². The van der Waals surface area contributed by atoms with Crippen molar-refractivity contribution in [3.63, 3.8) is 0 Å². The Morgan fingerprint density at radius 2 is 2.06 bits per heavy atom. The van der Waals surface area contributed by atoms with Crippen molar-refractivity contribution in [2.24, 2.45) is 18.9 Å². The van der Waals surface area contributed by atoms with Gasteiger partial charge in [-0.3, -0.25) is 9.78 Å². The Labute approximate surface area is 184 Å². The van der Waals surface area contributed by atoms with E-state index < -0.39 is 5.97 Å². The van der Waals surface area contributed by atoms with Crippen molar-refractivity contribution in [1.82, 2.24) is 40.2 Å². The van der Waals surface area contributed by atoms with Crippen LogP contribution in [-0.4, -0.2) is 57.4 Å². The van der Waals surface area contributed by atoms with Crippen LogP contribution in [0.4, 0.5) is 0 Å². The number of ether oxygens (including phenoxy) is 1. The summed E-state index contributed by atoms with van der Waals surface area (Å²) in [6.07, 6.45) is 7.87. The summed E-state index contributed by atoms with van der Waals surface area (Å²) >= 11 is 0. The highest BCUT2D eigenvalue weighted by Crippen LogP contribution is 2.31. The van der Waals surface area contributed by atoms with Gasteiger partial charge in [0, 0.05) is 13.5 Å². The second-order valence-electron chi connectivity index (χ2n) is 8.71. The minimum atomic E-state index is -0.747. The van der Waals surface area contributed by atoms with Crippen molar-refractivity contribution in [2.45, 2.75) is 57.6 Å². The fraction of sp³-hybridized carbons (Fsp3) is 0.571. The first-order chi connectivity index (χ1) is 15.5. The standard InChI is InChI=1S/C21H26N8O3/c1-28-18(12-29-25-19(23-27-29)9-13-5-6-13)20(24-26-28)17-8-7-16(11-22-17)32-15-4-2-3-14(10-15)21(30)31/h7-8,11,13-15H,2-6,9-10,12H2,1H3,(H,30,31)/t14-,15-/m0/s1.